The lowest BCUT2D eigenvalue weighted by Crippen LogP contribution is -2.29. The summed E-state index contributed by atoms with van der Waals surface area (Å²) in [5, 5.41) is 2.03. The van der Waals surface area contributed by atoms with E-state index in [1.165, 1.54) is 0 Å². The fourth-order valence-electron chi connectivity index (χ4n) is 3.03. The number of amides is 1. The van der Waals surface area contributed by atoms with E-state index in [0.29, 0.717) is 17.9 Å². The molecule has 4 rings (SSSR count). The molecule has 3 aromatic heterocycles. The Kier molecular flexibility index (Phi) is 5.12. The maximum Gasteiger partial charge on any atom is 0.254 e. The molecule has 0 fully saturated rings. The zero-order valence-corrected chi connectivity index (χ0v) is 16.6. The second-order valence-corrected chi connectivity index (χ2v) is 7.60. The van der Waals surface area contributed by atoms with Crippen LogP contribution in [0.2, 0.25) is 0 Å². The highest BCUT2D eigenvalue weighted by molar-refractivity contribution is 7.10. The molecule has 5 nitrogen and oxygen atoms in total. The number of fused-ring (bicyclic) bond motifs is 1. The molecular formula is C22H21N3O2S. The van der Waals surface area contributed by atoms with Crippen molar-refractivity contribution in [3.8, 4) is 5.75 Å². The number of thiophene rings is 1. The Morgan fingerprint density at radius 3 is 2.89 bits per heavy atom. The van der Waals surface area contributed by atoms with Crippen LogP contribution in [-0.4, -0.2) is 27.2 Å². The normalized spacial score (nSPS) is 12.1. The van der Waals surface area contributed by atoms with Gasteiger partial charge in [0.15, 0.2) is 0 Å². The first kappa shape index (κ1) is 18.3. The van der Waals surface area contributed by atoms with E-state index in [2.05, 4.69) is 4.98 Å². The fraction of sp³-hybridized carbons (Fsp3) is 0.182. The van der Waals surface area contributed by atoms with Crippen LogP contribution in [0.5, 0.6) is 5.75 Å². The average molecular weight is 391 g/mol. The second kappa shape index (κ2) is 7.86. The SMILES string of the molecule is C[C@@H](c1cccs1)N(C)C(=O)c1cccc(OCc2cn3ccccc3n2)c1. The summed E-state index contributed by atoms with van der Waals surface area (Å²) in [6.45, 7) is 2.38. The van der Waals surface area contributed by atoms with Gasteiger partial charge in [-0.2, -0.15) is 0 Å². The molecule has 4 aromatic rings. The third-order valence-electron chi connectivity index (χ3n) is 4.74. The van der Waals surface area contributed by atoms with Crippen LogP contribution in [0.15, 0.2) is 72.4 Å². The summed E-state index contributed by atoms with van der Waals surface area (Å²) < 4.78 is 7.84. The van der Waals surface area contributed by atoms with Crippen molar-refractivity contribution >= 4 is 22.9 Å². The molecule has 0 bridgehead atoms. The third-order valence-corrected chi connectivity index (χ3v) is 5.78. The Bertz CT molecular complexity index is 1060. The number of hydrogen-bond acceptors (Lipinski definition) is 4. The van der Waals surface area contributed by atoms with Gasteiger partial charge in [0.2, 0.25) is 0 Å². The van der Waals surface area contributed by atoms with Crippen molar-refractivity contribution in [3.05, 3.63) is 88.5 Å². The molecule has 142 valence electrons. The predicted octanol–water partition coefficient (Wildman–Crippen LogP) is 4.81. The van der Waals surface area contributed by atoms with Gasteiger partial charge in [-0.1, -0.05) is 18.2 Å². The molecule has 0 aliphatic rings. The van der Waals surface area contributed by atoms with Gasteiger partial charge in [-0.15, -0.1) is 11.3 Å². The minimum absolute atomic E-state index is 0.0232. The summed E-state index contributed by atoms with van der Waals surface area (Å²) in [6, 6.07) is 17.2. The average Bonchev–Trinajstić information content (AvgIpc) is 3.40. The van der Waals surface area contributed by atoms with Crippen molar-refractivity contribution in [1.82, 2.24) is 14.3 Å². The number of nitrogens with zero attached hydrogens (tertiary/aromatic N) is 3. The lowest BCUT2D eigenvalue weighted by Gasteiger charge is -2.24. The van der Waals surface area contributed by atoms with E-state index >= 15 is 0 Å². The van der Waals surface area contributed by atoms with Crippen molar-refractivity contribution in [1.29, 1.82) is 0 Å². The van der Waals surface area contributed by atoms with Gasteiger partial charge in [-0.3, -0.25) is 4.79 Å². The smallest absolute Gasteiger partial charge is 0.254 e. The molecule has 1 atom stereocenters. The van der Waals surface area contributed by atoms with E-state index in [1.807, 2.05) is 84.7 Å². The molecule has 0 aliphatic carbocycles. The summed E-state index contributed by atoms with van der Waals surface area (Å²) in [5.74, 6) is 0.624. The molecule has 0 spiro atoms. The Hall–Kier alpha value is -3.12. The molecule has 1 aromatic carbocycles. The summed E-state index contributed by atoms with van der Waals surface area (Å²) in [7, 11) is 1.83. The Balaban J connectivity index is 1.45. The molecule has 1 amide bonds. The fourth-order valence-corrected chi connectivity index (χ4v) is 3.86. The molecule has 0 unspecified atom stereocenters. The topological polar surface area (TPSA) is 46.8 Å². The molecule has 0 saturated carbocycles. The van der Waals surface area contributed by atoms with Crippen molar-refractivity contribution in [3.63, 3.8) is 0 Å². The van der Waals surface area contributed by atoms with Gasteiger partial charge in [-0.05, 0) is 48.7 Å². The van der Waals surface area contributed by atoms with Gasteiger partial charge < -0.3 is 14.0 Å². The van der Waals surface area contributed by atoms with Gasteiger partial charge in [0.25, 0.3) is 5.91 Å². The Morgan fingerprint density at radius 2 is 2.11 bits per heavy atom. The van der Waals surface area contributed by atoms with Crippen LogP contribution in [0.4, 0.5) is 0 Å². The van der Waals surface area contributed by atoms with Crippen molar-refractivity contribution in [2.45, 2.75) is 19.6 Å². The number of aromatic nitrogens is 2. The maximum atomic E-state index is 12.9. The molecule has 0 N–H and O–H groups in total. The number of ether oxygens (including phenoxy) is 1. The van der Waals surface area contributed by atoms with Crippen LogP contribution in [0.1, 0.15) is 33.9 Å². The van der Waals surface area contributed by atoms with Gasteiger partial charge in [0.1, 0.15) is 18.0 Å². The van der Waals surface area contributed by atoms with E-state index in [-0.39, 0.29) is 11.9 Å². The van der Waals surface area contributed by atoms with E-state index < -0.39 is 0 Å². The van der Waals surface area contributed by atoms with Gasteiger partial charge in [0.05, 0.1) is 11.7 Å². The van der Waals surface area contributed by atoms with E-state index in [0.717, 1.165) is 16.2 Å². The summed E-state index contributed by atoms with van der Waals surface area (Å²) in [6.07, 6.45) is 3.90. The third kappa shape index (κ3) is 3.77. The van der Waals surface area contributed by atoms with E-state index in [9.17, 15) is 4.79 Å². The van der Waals surface area contributed by atoms with Gasteiger partial charge in [-0.25, -0.2) is 4.98 Å². The number of benzene rings is 1. The first-order valence-electron chi connectivity index (χ1n) is 9.08. The van der Waals surface area contributed by atoms with Crippen LogP contribution < -0.4 is 4.74 Å². The van der Waals surface area contributed by atoms with Crippen molar-refractivity contribution < 1.29 is 9.53 Å². The summed E-state index contributed by atoms with van der Waals surface area (Å²) in [5.41, 5.74) is 2.33. The predicted molar refractivity (Wildman–Crippen MR) is 111 cm³/mol. The van der Waals surface area contributed by atoms with Crippen LogP contribution in [0.25, 0.3) is 5.65 Å². The van der Waals surface area contributed by atoms with E-state index in [4.69, 9.17) is 4.74 Å². The Labute approximate surface area is 167 Å². The molecule has 0 aliphatic heterocycles. The van der Waals surface area contributed by atoms with E-state index in [1.54, 1.807) is 22.3 Å². The number of pyridine rings is 1. The largest absolute Gasteiger partial charge is 0.487 e. The number of rotatable bonds is 6. The highest BCUT2D eigenvalue weighted by Crippen LogP contribution is 2.25. The van der Waals surface area contributed by atoms with Crippen LogP contribution in [-0.2, 0) is 6.61 Å². The van der Waals surface area contributed by atoms with Gasteiger partial charge in [0, 0.05) is 29.9 Å². The minimum Gasteiger partial charge on any atom is -0.487 e. The van der Waals surface area contributed by atoms with Gasteiger partial charge >= 0.3 is 0 Å². The zero-order chi connectivity index (χ0) is 19.5. The number of carbonyl (C=O) groups excluding carboxylic acids is 1. The first-order valence-corrected chi connectivity index (χ1v) is 9.96. The van der Waals surface area contributed by atoms with Crippen molar-refractivity contribution in [2.24, 2.45) is 0 Å². The maximum absolute atomic E-state index is 12.9. The highest BCUT2D eigenvalue weighted by Gasteiger charge is 2.20. The number of carbonyl (C=O) groups is 1. The quantitative estimate of drug-likeness (QED) is 0.474. The molecule has 0 radical (unpaired) electrons. The first-order chi connectivity index (χ1) is 13.6. The molecule has 0 saturated heterocycles. The second-order valence-electron chi connectivity index (χ2n) is 6.62. The molecule has 6 heteroatoms. The van der Waals surface area contributed by atoms with Crippen LogP contribution >= 0.6 is 11.3 Å². The summed E-state index contributed by atoms with van der Waals surface area (Å²) >= 11 is 1.65. The molecule has 3 heterocycles. The number of hydrogen-bond donors (Lipinski definition) is 0. The van der Waals surface area contributed by atoms with Crippen LogP contribution in [0, 0.1) is 0 Å². The highest BCUT2D eigenvalue weighted by atomic mass is 32.1. The van der Waals surface area contributed by atoms with Crippen molar-refractivity contribution in [2.75, 3.05) is 7.05 Å². The number of imidazole rings is 1. The Morgan fingerprint density at radius 1 is 1.21 bits per heavy atom. The molecule has 28 heavy (non-hydrogen) atoms. The lowest BCUT2D eigenvalue weighted by atomic mass is 10.1. The molecular weight excluding hydrogens is 370 g/mol. The lowest BCUT2D eigenvalue weighted by molar-refractivity contribution is 0.0744. The minimum atomic E-state index is -0.0286. The summed E-state index contributed by atoms with van der Waals surface area (Å²) in [4.78, 5) is 20.3. The zero-order valence-electron chi connectivity index (χ0n) is 15.8. The van der Waals surface area contributed by atoms with Crippen LogP contribution in [0.3, 0.4) is 0 Å². The monoisotopic (exact) mass is 391 g/mol. The standard InChI is InChI=1S/C22H21N3O2S/c1-16(20-9-6-12-28-20)24(2)22(26)17-7-5-8-19(13-17)27-15-18-14-25-11-4-3-10-21(25)23-18/h3-14,16H,15H2,1-2H3/t16-/m0/s1.